The molecule has 0 saturated carbocycles. The van der Waals surface area contributed by atoms with Gasteiger partial charge in [0.1, 0.15) is 5.82 Å². The molecule has 4 aromatic rings. The number of thioether (sulfide) groups is 1. The fourth-order valence-corrected chi connectivity index (χ4v) is 3.64. The van der Waals surface area contributed by atoms with Gasteiger partial charge in [0.25, 0.3) is 0 Å². The number of halogens is 3. The summed E-state index contributed by atoms with van der Waals surface area (Å²) >= 11 is 1.08. The number of amides is 1. The zero-order valence-electron chi connectivity index (χ0n) is 15.9. The number of hydrogen-bond acceptors (Lipinski definition) is 4. The molecule has 9 heteroatoms. The second kappa shape index (κ2) is 9.05. The standard InChI is InChI=1S/C22H15F3N4OS/c23-17-9-5-4-8-16(17)21-27-28-22(29(21)15-6-2-1-3-7-15)31-13-20(30)26-14-10-11-18(24)19(25)12-14/h1-12H,13H2,(H,26,30). The maximum atomic E-state index is 14.4. The number of hydrogen-bond donors (Lipinski definition) is 1. The van der Waals surface area contributed by atoms with Crippen LogP contribution in [0.5, 0.6) is 0 Å². The second-order valence-corrected chi connectivity index (χ2v) is 7.37. The minimum atomic E-state index is -1.05. The van der Waals surface area contributed by atoms with Gasteiger partial charge in [-0.1, -0.05) is 42.1 Å². The summed E-state index contributed by atoms with van der Waals surface area (Å²) in [5.74, 6) is -2.70. The number of nitrogens with one attached hydrogen (secondary N) is 1. The molecule has 31 heavy (non-hydrogen) atoms. The Balaban J connectivity index is 1.59. The Morgan fingerprint density at radius 3 is 2.35 bits per heavy atom. The molecule has 0 aliphatic rings. The maximum absolute atomic E-state index is 14.4. The van der Waals surface area contributed by atoms with Crippen LogP contribution in [0.1, 0.15) is 0 Å². The number of carbonyl (C=O) groups excluding carboxylic acids is 1. The van der Waals surface area contributed by atoms with E-state index >= 15 is 0 Å². The molecule has 1 amide bonds. The lowest BCUT2D eigenvalue weighted by Crippen LogP contribution is -2.15. The van der Waals surface area contributed by atoms with E-state index in [1.165, 1.54) is 12.1 Å². The molecular weight excluding hydrogens is 425 g/mol. The maximum Gasteiger partial charge on any atom is 0.234 e. The molecular formula is C22H15F3N4OS. The first-order valence-electron chi connectivity index (χ1n) is 9.16. The third kappa shape index (κ3) is 4.61. The van der Waals surface area contributed by atoms with Crippen LogP contribution in [0.15, 0.2) is 78.0 Å². The van der Waals surface area contributed by atoms with E-state index in [0.717, 1.165) is 23.9 Å². The molecule has 0 spiro atoms. The van der Waals surface area contributed by atoms with Crippen molar-refractivity contribution in [2.24, 2.45) is 0 Å². The molecule has 0 fully saturated rings. The van der Waals surface area contributed by atoms with Crippen LogP contribution < -0.4 is 5.32 Å². The van der Waals surface area contributed by atoms with Gasteiger partial charge >= 0.3 is 0 Å². The first kappa shape index (κ1) is 20.7. The average Bonchev–Trinajstić information content (AvgIpc) is 3.19. The number of anilines is 1. The molecule has 1 aromatic heterocycles. The Kier molecular flexibility index (Phi) is 6.03. The normalized spacial score (nSPS) is 10.8. The van der Waals surface area contributed by atoms with E-state index in [9.17, 15) is 18.0 Å². The topological polar surface area (TPSA) is 59.8 Å². The molecule has 1 N–H and O–H groups in total. The largest absolute Gasteiger partial charge is 0.325 e. The van der Waals surface area contributed by atoms with Gasteiger partial charge in [0.15, 0.2) is 22.6 Å². The van der Waals surface area contributed by atoms with Crippen molar-refractivity contribution < 1.29 is 18.0 Å². The van der Waals surface area contributed by atoms with Crippen LogP contribution in [0.2, 0.25) is 0 Å². The van der Waals surface area contributed by atoms with E-state index in [4.69, 9.17) is 0 Å². The first-order chi connectivity index (χ1) is 15.0. The SMILES string of the molecule is O=C(CSc1nnc(-c2ccccc2F)n1-c1ccccc1)Nc1ccc(F)c(F)c1. The molecule has 0 atom stereocenters. The van der Waals surface area contributed by atoms with Crippen LogP contribution in [0.25, 0.3) is 17.1 Å². The Labute approximate surface area is 179 Å². The Morgan fingerprint density at radius 2 is 1.61 bits per heavy atom. The molecule has 0 bridgehead atoms. The Morgan fingerprint density at radius 1 is 0.871 bits per heavy atom. The van der Waals surface area contributed by atoms with E-state index in [1.807, 2.05) is 30.3 Å². The number of para-hydroxylation sites is 1. The molecule has 0 saturated heterocycles. The Hall–Kier alpha value is -3.59. The second-order valence-electron chi connectivity index (χ2n) is 6.42. The van der Waals surface area contributed by atoms with Crippen molar-refractivity contribution in [1.82, 2.24) is 14.8 Å². The van der Waals surface area contributed by atoms with Crippen LogP contribution in [-0.2, 0) is 4.79 Å². The number of carbonyl (C=O) groups is 1. The monoisotopic (exact) mass is 440 g/mol. The molecule has 156 valence electrons. The number of rotatable bonds is 6. The average molecular weight is 440 g/mol. The summed E-state index contributed by atoms with van der Waals surface area (Å²) in [7, 11) is 0. The summed E-state index contributed by atoms with van der Waals surface area (Å²) < 4.78 is 42.4. The predicted octanol–water partition coefficient (Wildman–Crippen LogP) is 5.08. The zero-order valence-corrected chi connectivity index (χ0v) is 16.7. The first-order valence-corrected chi connectivity index (χ1v) is 10.1. The summed E-state index contributed by atoms with van der Waals surface area (Å²) in [6, 6.07) is 18.5. The van der Waals surface area contributed by atoms with Crippen molar-refractivity contribution in [3.63, 3.8) is 0 Å². The fraction of sp³-hybridized carbons (Fsp3) is 0.0455. The van der Waals surface area contributed by atoms with E-state index in [-0.39, 0.29) is 17.0 Å². The highest BCUT2D eigenvalue weighted by Gasteiger charge is 2.19. The van der Waals surface area contributed by atoms with E-state index in [1.54, 1.807) is 22.8 Å². The summed E-state index contributed by atoms with van der Waals surface area (Å²) in [5.41, 5.74) is 1.12. The molecule has 1 heterocycles. The van der Waals surface area contributed by atoms with Gasteiger partial charge in [0, 0.05) is 17.4 Å². The van der Waals surface area contributed by atoms with Crippen LogP contribution >= 0.6 is 11.8 Å². The highest BCUT2D eigenvalue weighted by atomic mass is 32.2. The van der Waals surface area contributed by atoms with Gasteiger partial charge in [0.2, 0.25) is 5.91 Å². The Bertz CT molecular complexity index is 1230. The van der Waals surface area contributed by atoms with Crippen molar-refractivity contribution in [2.75, 3.05) is 11.1 Å². The van der Waals surface area contributed by atoms with Crippen LogP contribution in [0.4, 0.5) is 18.9 Å². The van der Waals surface area contributed by atoms with Crippen molar-refractivity contribution in [3.05, 3.63) is 90.2 Å². The van der Waals surface area contributed by atoms with E-state index in [0.29, 0.717) is 16.7 Å². The fourth-order valence-electron chi connectivity index (χ4n) is 2.89. The van der Waals surface area contributed by atoms with Gasteiger partial charge in [-0.15, -0.1) is 10.2 Å². The molecule has 4 rings (SSSR count). The smallest absolute Gasteiger partial charge is 0.234 e. The van der Waals surface area contributed by atoms with Gasteiger partial charge in [-0.25, -0.2) is 13.2 Å². The van der Waals surface area contributed by atoms with Gasteiger partial charge in [-0.2, -0.15) is 0 Å². The number of nitrogens with zero attached hydrogens (tertiary/aromatic N) is 3. The zero-order chi connectivity index (χ0) is 21.8. The van der Waals surface area contributed by atoms with Gasteiger partial charge in [-0.3, -0.25) is 9.36 Å². The predicted molar refractivity (Wildman–Crippen MR) is 112 cm³/mol. The summed E-state index contributed by atoms with van der Waals surface area (Å²) in [6.45, 7) is 0. The number of benzene rings is 3. The molecule has 0 aliphatic carbocycles. The molecule has 3 aromatic carbocycles. The highest BCUT2D eigenvalue weighted by Crippen LogP contribution is 2.29. The molecule has 0 radical (unpaired) electrons. The summed E-state index contributed by atoms with van der Waals surface area (Å²) in [5, 5.41) is 11.2. The third-order valence-electron chi connectivity index (χ3n) is 4.30. The van der Waals surface area contributed by atoms with Crippen LogP contribution in [0, 0.1) is 17.5 Å². The summed E-state index contributed by atoms with van der Waals surface area (Å²) in [6.07, 6.45) is 0. The van der Waals surface area contributed by atoms with Crippen molar-refractivity contribution >= 4 is 23.4 Å². The number of aromatic nitrogens is 3. The van der Waals surface area contributed by atoms with Crippen LogP contribution in [-0.4, -0.2) is 26.4 Å². The lowest BCUT2D eigenvalue weighted by molar-refractivity contribution is -0.113. The molecule has 0 unspecified atom stereocenters. The lowest BCUT2D eigenvalue weighted by atomic mass is 10.2. The van der Waals surface area contributed by atoms with Gasteiger partial charge < -0.3 is 5.32 Å². The lowest BCUT2D eigenvalue weighted by Gasteiger charge is -2.11. The van der Waals surface area contributed by atoms with Gasteiger partial charge in [-0.05, 0) is 36.4 Å². The highest BCUT2D eigenvalue weighted by molar-refractivity contribution is 7.99. The minimum Gasteiger partial charge on any atom is -0.325 e. The molecule has 5 nitrogen and oxygen atoms in total. The van der Waals surface area contributed by atoms with E-state index in [2.05, 4.69) is 15.5 Å². The van der Waals surface area contributed by atoms with Crippen molar-refractivity contribution in [3.8, 4) is 17.1 Å². The van der Waals surface area contributed by atoms with E-state index < -0.39 is 23.4 Å². The third-order valence-corrected chi connectivity index (χ3v) is 5.23. The minimum absolute atomic E-state index is 0.0682. The summed E-state index contributed by atoms with van der Waals surface area (Å²) in [4.78, 5) is 12.3. The van der Waals surface area contributed by atoms with Crippen molar-refractivity contribution in [2.45, 2.75) is 5.16 Å². The van der Waals surface area contributed by atoms with Gasteiger partial charge in [0.05, 0.1) is 11.3 Å². The quantitative estimate of drug-likeness (QED) is 0.425. The van der Waals surface area contributed by atoms with Crippen molar-refractivity contribution in [1.29, 1.82) is 0 Å². The molecule has 0 aliphatic heterocycles. The van der Waals surface area contributed by atoms with Crippen LogP contribution in [0.3, 0.4) is 0 Å².